The maximum Gasteiger partial charge on any atom is 0.141 e. The van der Waals surface area contributed by atoms with E-state index >= 15 is 0 Å². The minimum atomic E-state index is -0.416. The van der Waals surface area contributed by atoms with Gasteiger partial charge in [-0.25, -0.2) is 9.37 Å². The maximum atomic E-state index is 12.9. The summed E-state index contributed by atoms with van der Waals surface area (Å²) in [7, 11) is 0. The van der Waals surface area contributed by atoms with E-state index in [2.05, 4.69) is 10.3 Å². The summed E-state index contributed by atoms with van der Waals surface area (Å²) in [5.74, 6) is 0.292. The van der Waals surface area contributed by atoms with Gasteiger partial charge < -0.3 is 11.1 Å². The van der Waals surface area contributed by atoms with Crippen molar-refractivity contribution in [2.45, 2.75) is 6.54 Å². The Morgan fingerprint density at radius 3 is 2.76 bits per heavy atom. The molecule has 3 nitrogen and oxygen atoms in total. The molecule has 3 N–H and O–H groups in total. The minimum Gasteiger partial charge on any atom is -0.397 e. The third-order valence-electron chi connectivity index (χ3n) is 2.24. The van der Waals surface area contributed by atoms with Gasteiger partial charge in [0.05, 0.1) is 16.9 Å². The number of hydrogen-bond acceptors (Lipinski definition) is 3. The van der Waals surface area contributed by atoms with Gasteiger partial charge in [-0.3, -0.25) is 0 Å². The van der Waals surface area contributed by atoms with Crippen molar-refractivity contribution in [1.29, 1.82) is 0 Å². The lowest BCUT2D eigenvalue weighted by molar-refractivity contribution is 0.627. The van der Waals surface area contributed by atoms with Gasteiger partial charge in [0.25, 0.3) is 0 Å². The molecule has 0 bridgehead atoms. The Morgan fingerprint density at radius 2 is 2.12 bits per heavy atom. The third kappa shape index (κ3) is 3.07. The fourth-order valence-electron chi connectivity index (χ4n) is 1.35. The van der Waals surface area contributed by atoms with Crippen LogP contribution in [0.5, 0.6) is 0 Å². The first-order valence-electron chi connectivity index (χ1n) is 5.04. The molecule has 0 spiro atoms. The first-order chi connectivity index (χ1) is 8.15. The zero-order chi connectivity index (χ0) is 12.3. The highest BCUT2D eigenvalue weighted by Gasteiger charge is 2.01. The van der Waals surface area contributed by atoms with Crippen LogP contribution in [0.25, 0.3) is 0 Å². The smallest absolute Gasteiger partial charge is 0.141 e. The Morgan fingerprint density at radius 1 is 1.29 bits per heavy atom. The van der Waals surface area contributed by atoms with Gasteiger partial charge in [0, 0.05) is 6.54 Å². The van der Waals surface area contributed by atoms with Gasteiger partial charge in [-0.15, -0.1) is 0 Å². The lowest BCUT2D eigenvalue weighted by Crippen LogP contribution is -2.01. The monoisotopic (exact) mass is 251 g/mol. The van der Waals surface area contributed by atoms with E-state index in [0.717, 1.165) is 5.56 Å². The van der Waals surface area contributed by atoms with Crippen molar-refractivity contribution in [3.8, 4) is 0 Å². The molecule has 0 amide bonds. The number of pyridine rings is 1. The molecule has 5 heteroatoms. The van der Waals surface area contributed by atoms with Crippen LogP contribution in [0.3, 0.4) is 0 Å². The van der Waals surface area contributed by atoms with E-state index in [4.69, 9.17) is 17.3 Å². The van der Waals surface area contributed by atoms with E-state index in [1.165, 1.54) is 6.07 Å². The lowest BCUT2D eigenvalue weighted by atomic mass is 10.2. The topological polar surface area (TPSA) is 50.9 Å². The number of anilines is 2. The van der Waals surface area contributed by atoms with Crippen molar-refractivity contribution < 1.29 is 4.39 Å². The van der Waals surface area contributed by atoms with Crippen LogP contribution in [0.2, 0.25) is 5.02 Å². The number of nitrogens with zero attached hydrogens (tertiary/aromatic N) is 1. The van der Waals surface area contributed by atoms with E-state index in [1.54, 1.807) is 30.5 Å². The summed E-state index contributed by atoms with van der Waals surface area (Å²) >= 11 is 5.68. The summed E-state index contributed by atoms with van der Waals surface area (Å²) in [6.45, 7) is 0.525. The zero-order valence-electron chi connectivity index (χ0n) is 8.95. The summed E-state index contributed by atoms with van der Waals surface area (Å²) < 4.78 is 12.9. The first kappa shape index (κ1) is 11.7. The van der Waals surface area contributed by atoms with E-state index in [0.29, 0.717) is 18.1 Å². The number of halogens is 2. The number of nitrogens with two attached hydrogens (primary N) is 1. The molecule has 1 heterocycles. The highest BCUT2D eigenvalue weighted by molar-refractivity contribution is 6.30. The molecule has 17 heavy (non-hydrogen) atoms. The second-order valence-corrected chi connectivity index (χ2v) is 3.99. The Balaban J connectivity index is 2.02. The molecule has 0 unspecified atom stereocenters. The molecule has 0 aliphatic heterocycles. The average Bonchev–Trinajstić information content (AvgIpc) is 2.33. The van der Waals surface area contributed by atoms with E-state index in [1.807, 2.05) is 0 Å². The normalized spacial score (nSPS) is 10.2. The van der Waals surface area contributed by atoms with Crippen LogP contribution in [0, 0.1) is 5.82 Å². The third-order valence-corrected chi connectivity index (χ3v) is 2.53. The quantitative estimate of drug-likeness (QED) is 0.882. The molecule has 0 fully saturated rings. The predicted octanol–water partition coefficient (Wildman–Crippen LogP) is 3.07. The maximum absolute atomic E-state index is 12.9. The van der Waals surface area contributed by atoms with Crippen LogP contribution in [0.4, 0.5) is 15.9 Å². The van der Waals surface area contributed by atoms with Crippen LogP contribution in [-0.2, 0) is 6.54 Å². The van der Waals surface area contributed by atoms with E-state index in [-0.39, 0.29) is 5.02 Å². The Labute approximate surface area is 103 Å². The number of rotatable bonds is 3. The van der Waals surface area contributed by atoms with Gasteiger partial charge in [0.2, 0.25) is 0 Å². The molecule has 0 radical (unpaired) electrons. The fraction of sp³-hybridized carbons (Fsp3) is 0.0833. The largest absolute Gasteiger partial charge is 0.397 e. The number of benzene rings is 1. The van der Waals surface area contributed by atoms with Crippen molar-refractivity contribution in [3.05, 3.63) is 52.9 Å². The molecule has 0 atom stereocenters. The summed E-state index contributed by atoms with van der Waals surface area (Å²) in [5.41, 5.74) is 7.02. The van der Waals surface area contributed by atoms with Gasteiger partial charge >= 0.3 is 0 Å². The van der Waals surface area contributed by atoms with Gasteiger partial charge in [-0.1, -0.05) is 17.7 Å². The summed E-state index contributed by atoms with van der Waals surface area (Å²) in [6, 6.07) is 8.13. The van der Waals surface area contributed by atoms with Crippen LogP contribution in [0.1, 0.15) is 5.56 Å². The molecular weight excluding hydrogens is 241 g/mol. The van der Waals surface area contributed by atoms with Crippen LogP contribution < -0.4 is 11.1 Å². The molecule has 1 aromatic carbocycles. The van der Waals surface area contributed by atoms with Gasteiger partial charge in [-0.2, -0.15) is 0 Å². The van der Waals surface area contributed by atoms with Crippen LogP contribution in [-0.4, -0.2) is 4.98 Å². The number of nitrogen functional groups attached to an aromatic ring is 1. The Hall–Kier alpha value is -1.81. The molecule has 2 aromatic rings. The standard InChI is InChI=1S/C12H11ClFN3/c13-10-5-8(1-3-11(10)14)6-16-12-4-2-9(15)7-17-12/h1-5,7H,6,15H2,(H,16,17). The molecule has 1 aromatic heterocycles. The molecular formula is C12H11ClFN3. The minimum absolute atomic E-state index is 0.120. The van der Waals surface area contributed by atoms with Crippen molar-refractivity contribution in [2.24, 2.45) is 0 Å². The number of nitrogens with one attached hydrogen (secondary N) is 1. The van der Waals surface area contributed by atoms with E-state index in [9.17, 15) is 4.39 Å². The molecule has 0 aliphatic rings. The molecule has 0 saturated heterocycles. The molecule has 0 aliphatic carbocycles. The zero-order valence-corrected chi connectivity index (χ0v) is 9.71. The van der Waals surface area contributed by atoms with Crippen LogP contribution >= 0.6 is 11.6 Å². The van der Waals surface area contributed by atoms with Gasteiger partial charge in [0.15, 0.2) is 0 Å². The van der Waals surface area contributed by atoms with Gasteiger partial charge in [-0.05, 0) is 29.8 Å². The first-order valence-corrected chi connectivity index (χ1v) is 5.42. The number of aromatic nitrogens is 1. The predicted molar refractivity (Wildman–Crippen MR) is 67.4 cm³/mol. The average molecular weight is 252 g/mol. The highest BCUT2D eigenvalue weighted by atomic mass is 35.5. The lowest BCUT2D eigenvalue weighted by Gasteiger charge is -2.06. The van der Waals surface area contributed by atoms with Crippen molar-refractivity contribution in [1.82, 2.24) is 4.98 Å². The molecule has 88 valence electrons. The van der Waals surface area contributed by atoms with Crippen molar-refractivity contribution >= 4 is 23.1 Å². The fourth-order valence-corrected chi connectivity index (χ4v) is 1.56. The SMILES string of the molecule is Nc1ccc(NCc2ccc(F)c(Cl)c2)nc1. The Bertz CT molecular complexity index is 514. The summed E-state index contributed by atoms with van der Waals surface area (Å²) in [5, 5.41) is 3.21. The summed E-state index contributed by atoms with van der Waals surface area (Å²) in [6.07, 6.45) is 1.57. The second kappa shape index (κ2) is 5.01. The highest BCUT2D eigenvalue weighted by Crippen LogP contribution is 2.17. The van der Waals surface area contributed by atoms with Gasteiger partial charge in [0.1, 0.15) is 11.6 Å². The van der Waals surface area contributed by atoms with Crippen molar-refractivity contribution in [2.75, 3.05) is 11.1 Å². The van der Waals surface area contributed by atoms with E-state index < -0.39 is 5.82 Å². The second-order valence-electron chi connectivity index (χ2n) is 3.58. The summed E-state index contributed by atoms with van der Waals surface area (Å²) in [4.78, 5) is 4.09. The Kier molecular flexibility index (Phi) is 3.44. The molecule has 2 rings (SSSR count). The number of hydrogen-bond donors (Lipinski definition) is 2. The molecule has 0 saturated carbocycles. The van der Waals surface area contributed by atoms with Crippen molar-refractivity contribution in [3.63, 3.8) is 0 Å². The van der Waals surface area contributed by atoms with Crippen LogP contribution in [0.15, 0.2) is 36.5 Å².